The van der Waals surface area contributed by atoms with E-state index < -0.39 is 41.5 Å². The second-order valence-electron chi connectivity index (χ2n) is 10.6. The summed E-state index contributed by atoms with van der Waals surface area (Å²) < 4.78 is 25.5. The maximum Gasteiger partial charge on any atom is 0.357 e. The molecule has 4 aromatic rings. The number of anilines is 1. The predicted molar refractivity (Wildman–Crippen MR) is 172 cm³/mol. The third-order valence-electron chi connectivity index (χ3n) is 7.07. The lowest BCUT2D eigenvalue weighted by Crippen LogP contribution is -2.48. The van der Waals surface area contributed by atoms with Gasteiger partial charge >= 0.3 is 5.97 Å². The van der Waals surface area contributed by atoms with Crippen LogP contribution in [0, 0.1) is 12.2 Å². The fourth-order valence-electron chi connectivity index (χ4n) is 4.72. The van der Waals surface area contributed by atoms with Crippen molar-refractivity contribution in [2.45, 2.75) is 37.6 Å². The molecule has 1 radical (unpaired) electrons. The Labute approximate surface area is 270 Å². The lowest BCUT2D eigenvalue weighted by molar-refractivity contribution is -0.155. The lowest BCUT2D eigenvalue weighted by Gasteiger charge is -2.25. The molecule has 6 N–H and O–H groups in total. The number of amides is 1. The van der Waals surface area contributed by atoms with Crippen molar-refractivity contribution in [1.82, 2.24) is 5.32 Å². The molecule has 2 atom stereocenters. The van der Waals surface area contributed by atoms with Gasteiger partial charge in [0.2, 0.25) is 11.6 Å². The number of thiophene rings is 1. The quantitative estimate of drug-likeness (QED) is 0.0575. The third kappa shape index (κ3) is 9.61. The molecule has 46 heavy (non-hydrogen) atoms. The number of carbonyl (C=O) groups is 3. The molecule has 4 rings (SSSR count). The summed E-state index contributed by atoms with van der Waals surface area (Å²) in [4.78, 5) is 36.8. The van der Waals surface area contributed by atoms with Crippen LogP contribution < -0.4 is 25.8 Å². The highest BCUT2D eigenvalue weighted by Crippen LogP contribution is 2.28. The Balaban J connectivity index is 1.35. The predicted octanol–water partition coefficient (Wildman–Crippen LogP) is 4.89. The highest BCUT2D eigenvalue weighted by atomic mass is 32.1. The number of aliphatic carboxylic acids is 1. The molecule has 10 nitrogen and oxygen atoms in total. The smallest absolute Gasteiger partial charge is 0.357 e. The first-order chi connectivity index (χ1) is 22.1. The Bertz CT molecular complexity index is 1640. The van der Waals surface area contributed by atoms with E-state index in [1.54, 1.807) is 35.0 Å². The summed E-state index contributed by atoms with van der Waals surface area (Å²) in [5, 5.41) is 29.6. The summed E-state index contributed by atoms with van der Waals surface area (Å²) in [6.07, 6.45) is 1.35. The van der Waals surface area contributed by atoms with Crippen LogP contribution in [0.1, 0.15) is 45.8 Å². The lowest BCUT2D eigenvalue weighted by atomic mass is 9.93. The van der Waals surface area contributed by atoms with Crippen LogP contribution in [0.5, 0.6) is 11.5 Å². The summed E-state index contributed by atoms with van der Waals surface area (Å²) in [5.41, 5.74) is 5.66. The number of methoxy groups -OCH3 is 1. The molecule has 1 heterocycles. The molecule has 0 spiro atoms. The van der Waals surface area contributed by atoms with Crippen LogP contribution in [0.4, 0.5) is 10.1 Å². The van der Waals surface area contributed by atoms with Crippen LogP contribution in [0.2, 0.25) is 0 Å². The maximum atomic E-state index is 14.4. The highest BCUT2D eigenvalue weighted by Gasteiger charge is 2.39. The topological polar surface area (TPSA) is 160 Å². The second kappa shape index (κ2) is 16.0. The fourth-order valence-corrected chi connectivity index (χ4v) is 5.38. The van der Waals surface area contributed by atoms with Gasteiger partial charge in [0.05, 0.1) is 19.4 Å². The van der Waals surface area contributed by atoms with Gasteiger partial charge in [0.1, 0.15) is 23.9 Å². The highest BCUT2D eigenvalue weighted by molar-refractivity contribution is 7.08. The van der Waals surface area contributed by atoms with Gasteiger partial charge in [-0.25, -0.2) is 9.18 Å². The van der Waals surface area contributed by atoms with E-state index in [0.717, 1.165) is 5.56 Å². The first-order valence-corrected chi connectivity index (χ1v) is 15.3. The van der Waals surface area contributed by atoms with Crippen molar-refractivity contribution in [3.05, 3.63) is 118 Å². The summed E-state index contributed by atoms with van der Waals surface area (Å²) in [6, 6.07) is 20.0. The number of benzene rings is 3. The Morgan fingerprint density at radius 3 is 2.50 bits per heavy atom. The maximum absolute atomic E-state index is 14.4. The van der Waals surface area contributed by atoms with Crippen LogP contribution in [-0.4, -0.2) is 47.3 Å². The van der Waals surface area contributed by atoms with Crippen molar-refractivity contribution in [3.8, 4) is 11.5 Å². The molecule has 0 saturated carbocycles. The fraction of sp³-hybridized carbons (Fsp3) is 0.235. The van der Waals surface area contributed by atoms with Crippen molar-refractivity contribution in [2.75, 3.05) is 19.0 Å². The van der Waals surface area contributed by atoms with Crippen molar-refractivity contribution in [3.63, 3.8) is 0 Å². The summed E-state index contributed by atoms with van der Waals surface area (Å²) in [6.45, 7) is 0.899. The third-order valence-corrected chi connectivity index (χ3v) is 7.76. The number of nitrogens with one attached hydrogen (secondary N) is 2. The molecule has 0 fully saturated rings. The molecule has 3 aromatic carbocycles. The van der Waals surface area contributed by atoms with Gasteiger partial charge < -0.3 is 36.1 Å². The van der Waals surface area contributed by atoms with Gasteiger partial charge in [-0.2, -0.15) is 11.3 Å². The van der Waals surface area contributed by atoms with Crippen LogP contribution >= 0.6 is 11.3 Å². The summed E-state index contributed by atoms with van der Waals surface area (Å²) >= 11 is 1.29. The van der Waals surface area contributed by atoms with Gasteiger partial charge in [-0.3, -0.25) is 9.59 Å². The number of carboxylic acids is 1. The van der Waals surface area contributed by atoms with Crippen LogP contribution in [0.3, 0.4) is 0 Å². The Morgan fingerprint density at radius 2 is 1.83 bits per heavy atom. The van der Waals surface area contributed by atoms with Gasteiger partial charge in [0, 0.05) is 35.3 Å². The molecule has 0 aliphatic heterocycles. The zero-order chi connectivity index (χ0) is 33.1. The van der Waals surface area contributed by atoms with E-state index in [1.807, 2.05) is 36.8 Å². The minimum absolute atomic E-state index is 0.230. The van der Waals surface area contributed by atoms with Gasteiger partial charge in [-0.15, -0.1) is 0 Å². The molecule has 0 bridgehead atoms. The first kappa shape index (κ1) is 34.1. The normalized spacial score (nSPS) is 12.9. The van der Waals surface area contributed by atoms with E-state index in [0.29, 0.717) is 35.5 Å². The minimum Gasteiger partial charge on any atom is -0.497 e. The monoisotopic (exact) mass is 648 g/mol. The Morgan fingerprint density at radius 1 is 1.04 bits per heavy atom. The van der Waals surface area contributed by atoms with Gasteiger partial charge in [0.25, 0.3) is 0 Å². The molecule has 1 aromatic heterocycles. The average molecular weight is 649 g/mol. The zero-order valence-corrected chi connectivity index (χ0v) is 25.9. The number of Topliss-reactive ketones (excluding diaryl/α,β-unsaturated/α-hetero) is 1. The number of rotatable bonds is 18. The zero-order valence-electron chi connectivity index (χ0n) is 25.1. The number of hydrogen-bond acceptors (Lipinski definition) is 9. The molecule has 0 aliphatic rings. The molecular weight excluding hydrogens is 613 g/mol. The molecule has 12 heteroatoms. The number of hydrogen-bond donors (Lipinski definition) is 5. The number of carbonyl (C=O) groups excluding carboxylic acids is 2. The van der Waals surface area contributed by atoms with E-state index in [4.69, 9.17) is 15.2 Å². The first-order valence-electron chi connectivity index (χ1n) is 14.3. The number of nitrogens with two attached hydrogens (primary N) is 1. The molecule has 0 saturated heterocycles. The van der Waals surface area contributed by atoms with Gasteiger partial charge in [0.15, 0.2) is 5.78 Å². The number of halogens is 1. The van der Waals surface area contributed by atoms with Gasteiger partial charge in [-0.1, -0.05) is 30.3 Å². The van der Waals surface area contributed by atoms with Crippen molar-refractivity contribution < 1.29 is 38.5 Å². The molecular formula is C34H35FN3O7S. The van der Waals surface area contributed by atoms with Gasteiger partial charge in [-0.05, 0) is 71.8 Å². The molecule has 1 unspecified atom stereocenters. The summed E-state index contributed by atoms with van der Waals surface area (Å²) in [5.74, 6) is -3.38. The Hall–Kier alpha value is -4.78. The molecule has 1 amide bonds. The largest absolute Gasteiger partial charge is 0.497 e. The van der Waals surface area contributed by atoms with E-state index in [9.17, 15) is 29.0 Å². The van der Waals surface area contributed by atoms with Crippen molar-refractivity contribution in [2.24, 2.45) is 5.73 Å². The number of aliphatic hydroxyl groups is 1. The SMILES string of the molecule is COc1cc(CNC[CH]CC(C(N)=O)c2cc(F)cc(OCc3ccccc3)c2)cc(N[C@](O)(CC(=O)c2ccsc2)C(=O)O)c1. The number of ketones is 1. The van der Waals surface area contributed by atoms with E-state index in [-0.39, 0.29) is 24.5 Å². The van der Waals surface area contributed by atoms with Crippen molar-refractivity contribution >= 4 is 34.7 Å². The molecule has 0 aliphatic carbocycles. The minimum atomic E-state index is -2.56. The van der Waals surface area contributed by atoms with E-state index in [2.05, 4.69) is 10.6 Å². The average Bonchev–Trinajstić information content (AvgIpc) is 3.57. The van der Waals surface area contributed by atoms with E-state index >= 15 is 0 Å². The second-order valence-corrected chi connectivity index (χ2v) is 11.4. The molecule has 241 valence electrons. The van der Waals surface area contributed by atoms with E-state index in [1.165, 1.54) is 36.6 Å². The number of ether oxygens (including phenoxy) is 2. The van der Waals surface area contributed by atoms with Crippen LogP contribution in [0.15, 0.2) is 83.6 Å². The summed E-state index contributed by atoms with van der Waals surface area (Å²) in [7, 11) is 1.45. The number of carboxylic acid groups (broad SMARTS) is 1. The number of primary amides is 1. The van der Waals surface area contributed by atoms with Crippen molar-refractivity contribution in [1.29, 1.82) is 0 Å². The Kier molecular flexibility index (Phi) is 11.8. The van der Waals surface area contributed by atoms with Crippen LogP contribution in [0.25, 0.3) is 0 Å². The standard InChI is InChI=1S/C34H35FN3O7S/c1-44-28-13-23(12-27(17-28)38-34(43,33(41)42)18-31(39)24-9-11-46-21-24)19-37-10-5-8-30(32(36)40)25-14-26(35)16-29(15-25)45-20-22-6-3-2-4-7-22/h2-7,9,11-17,21,30,37-38,43H,8,10,18-20H2,1H3,(H2,36,40)(H,41,42)/t30?,34-/m0/s1. The van der Waals surface area contributed by atoms with Crippen LogP contribution in [-0.2, 0) is 22.7 Å².